The van der Waals surface area contributed by atoms with Gasteiger partial charge in [-0.25, -0.2) is 15.0 Å². The molecule has 0 aliphatic heterocycles. The van der Waals surface area contributed by atoms with Crippen LogP contribution in [0.2, 0.25) is 0 Å². The summed E-state index contributed by atoms with van der Waals surface area (Å²) in [6.45, 7) is 0. The molecule has 316 valence electrons. The third kappa shape index (κ3) is 8.62. The molecule has 0 saturated heterocycles. The third-order valence-corrected chi connectivity index (χ3v) is 12.4. The number of hydrogen-bond donors (Lipinski definition) is 0. The molecule has 0 atom stereocenters. The van der Waals surface area contributed by atoms with Gasteiger partial charge in [-0.2, -0.15) is 0 Å². The molecular weight excluding hydrogens is 811 g/mol. The molecule has 1 aromatic heterocycles. The largest absolute Gasteiger partial charge is 0.208 e. The van der Waals surface area contributed by atoms with Gasteiger partial charge in [0, 0.05) is 16.7 Å². The van der Waals surface area contributed by atoms with Gasteiger partial charge in [0.25, 0.3) is 0 Å². The van der Waals surface area contributed by atoms with Crippen LogP contribution in [0.3, 0.4) is 0 Å². The molecule has 0 N–H and O–H groups in total. The van der Waals surface area contributed by atoms with Gasteiger partial charge in [0.2, 0.25) is 0 Å². The van der Waals surface area contributed by atoms with Crippen LogP contribution in [-0.2, 0) is 0 Å². The average Bonchev–Trinajstić information content (AvgIpc) is 3.71. The standard InChI is InChI=1S/C64H45N3/c1-2-9-24-45(23-8-1)57-44-58(60(47-27-12-4-13-28-47)61(48-29-14-5-15-30-48)59(57)46-25-10-3-11-26-46)55-39-21-37-53(42-55)51-35-20-36-52(41-51)54-38-22-40-56(43-54)64-66-62(49-31-16-6-17-32-49)65-63(67-64)50-33-18-7-19-34-50/h1-23,25-44H,24H2. The summed E-state index contributed by atoms with van der Waals surface area (Å²) in [5, 5.41) is 0. The van der Waals surface area contributed by atoms with Crippen molar-refractivity contribution in [2.24, 2.45) is 0 Å². The van der Waals surface area contributed by atoms with E-state index in [9.17, 15) is 0 Å². The second-order valence-electron chi connectivity index (χ2n) is 16.7. The van der Waals surface area contributed by atoms with Crippen molar-refractivity contribution in [2.75, 3.05) is 0 Å². The van der Waals surface area contributed by atoms with Crippen molar-refractivity contribution >= 4 is 5.57 Å². The van der Waals surface area contributed by atoms with E-state index in [4.69, 9.17) is 15.0 Å². The topological polar surface area (TPSA) is 38.7 Å². The van der Waals surface area contributed by atoms with Gasteiger partial charge >= 0.3 is 0 Å². The zero-order valence-corrected chi connectivity index (χ0v) is 36.9. The zero-order valence-electron chi connectivity index (χ0n) is 36.9. The molecular formula is C64H45N3. The molecule has 10 aromatic rings. The number of rotatable bonds is 10. The Morgan fingerprint density at radius 2 is 0.612 bits per heavy atom. The monoisotopic (exact) mass is 855 g/mol. The van der Waals surface area contributed by atoms with Crippen molar-refractivity contribution in [1.82, 2.24) is 15.0 Å². The third-order valence-electron chi connectivity index (χ3n) is 12.4. The molecule has 0 amide bonds. The van der Waals surface area contributed by atoms with Gasteiger partial charge < -0.3 is 0 Å². The molecule has 0 saturated carbocycles. The molecule has 0 fully saturated rings. The molecule has 0 radical (unpaired) electrons. The van der Waals surface area contributed by atoms with E-state index >= 15 is 0 Å². The quantitative estimate of drug-likeness (QED) is 0.138. The molecule has 67 heavy (non-hydrogen) atoms. The van der Waals surface area contributed by atoms with Gasteiger partial charge in [-0.05, 0) is 109 Å². The van der Waals surface area contributed by atoms with Crippen LogP contribution in [0.25, 0.3) is 106 Å². The maximum absolute atomic E-state index is 5.02. The first kappa shape index (κ1) is 40.9. The lowest BCUT2D eigenvalue weighted by molar-refractivity contribution is 1.07. The van der Waals surface area contributed by atoms with E-state index in [2.05, 4.69) is 200 Å². The summed E-state index contributed by atoms with van der Waals surface area (Å²) in [6.07, 6.45) is 11.8. The van der Waals surface area contributed by atoms with E-state index in [1.807, 2.05) is 60.7 Å². The van der Waals surface area contributed by atoms with E-state index in [0.717, 1.165) is 50.9 Å². The molecule has 1 heterocycles. The Kier molecular flexibility index (Phi) is 11.5. The van der Waals surface area contributed by atoms with Crippen molar-refractivity contribution < 1.29 is 0 Å². The Bertz CT molecular complexity index is 3390. The first-order valence-electron chi connectivity index (χ1n) is 22.8. The number of allylic oxidation sites excluding steroid dienone is 6. The lowest BCUT2D eigenvalue weighted by atomic mass is 9.78. The summed E-state index contributed by atoms with van der Waals surface area (Å²) >= 11 is 0. The highest BCUT2D eigenvalue weighted by molar-refractivity contribution is 6.06. The van der Waals surface area contributed by atoms with Gasteiger partial charge in [0.15, 0.2) is 17.5 Å². The number of hydrogen-bond acceptors (Lipinski definition) is 3. The highest BCUT2D eigenvalue weighted by Gasteiger charge is 2.24. The van der Waals surface area contributed by atoms with E-state index in [1.165, 1.54) is 50.1 Å². The Balaban J connectivity index is 1.05. The van der Waals surface area contributed by atoms with Crippen molar-refractivity contribution in [3.8, 4) is 101 Å². The van der Waals surface area contributed by atoms with Crippen LogP contribution in [0.15, 0.2) is 261 Å². The molecule has 1 aliphatic carbocycles. The fourth-order valence-electron chi connectivity index (χ4n) is 9.16. The predicted molar refractivity (Wildman–Crippen MR) is 280 cm³/mol. The SMILES string of the molecule is C1=CC=C(c2cc(-c3cccc(-c4cccc(-c5cccc(-c6nc(-c7ccccc7)nc(-c7ccccc7)n6)c5)c4)c3)c(-c3ccccc3)c(-c3ccccc3)c2-c2ccccc2)CC=C1. The Morgan fingerprint density at radius 1 is 0.254 bits per heavy atom. The van der Waals surface area contributed by atoms with Crippen LogP contribution in [0, 0.1) is 0 Å². The smallest absolute Gasteiger partial charge is 0.164 e. The molecule has 1 aliphatic rings. The lowest BCUT2D eigenvalue weighted by Crippen LogP contribution is -2.00. The van der Waals surface area contributed by atoms with Crippen LogP contribution >= 0.6 is 0 Å². The van der Waals surface area contributed by atoms with Crippen LogP contribution in [-0.4, -0.2) is 15.0 Å². The summed E-state index contributed by atoms with van der Waals surface area (Å²) in [4.78, 5) is 15.0. The number of nitrogens with zero attached hydrogens (tertiary/aromatic N) is 3. The number of benzene rings is 9. The molecule has 3 nitrogen and oxygen atoms in total. The van der Waals surface area contributed by atoms with Crippen LogP contribution < -0.4 is 0 Å². The fraction of sp³-hybridized carbons (Fsp3) is 0.0156. The summed E-state index contributed by atoms with van der Waals surface area (Å²) in [7, 11) is 0. The minimum absolute atomic E-state index is 0.631. The van der Waals surface area contributed by atoms with Crippen molar-refractivity contribution in [1.29, 1.82) is 0 Å². The van der Waals surface area contributed by atoms with E-state index in [1.54, 1.807) is 0 Å². The first-order valence-corrected chi connectivity index (χ1v) is 22.8. The van der Waals surface area contributed by atoms with Crippen LogP contribution in [0.4, 0.5) is 0 Å². The van der Waals surface area contributed by atoms with Crippen molar-refractivity contribution in [2.45, 2.75) is 6.42 Å². The molecule has 0 spiro atoms. The molecule has 0 unspecified atom stereocenters. The normalized spacial score (nSPS) is 12.1. The summed E-state index contributed by atoms with van der Waals surface area (Å²) < 4.78 is 0. The summed E-state index contributed by atoms with van der Waals surface area (Å²) in [5.41, 5.74) is 19.3. The van der Waals surface area contributed by atoms with Gasteiger partial charge in [-0.3, -0.25) is 0 Å². The summed E-state index contributed by atoms with van der Waals surface area (Å²) in [5.74, 6) is 1.92. The Morgan fingerprint density at radius 3 is 1.10 bits per heavy atom. The molecule has 3 heteroatoms. The van der Waals surface area contributed by atoms with E-state index < -0.39 is 0 Å². The molecule has 0 bridgehead atoms. The maximum atomic E-state index is 5.02. The molecule has 11 rings (SSSR count). The minimum atomic E-state index is 0.631. The van der Waals surface area contributed by atoms with Gasteiger partial charge in [0.1, 0.15) is 0 Å². The van der Waals surface area contributed by atoms with E-state index in [0.29, 0.717) is 17.5 Å². The Hall–Kier alpha value is -8.79. The maximum Gasteiger partial charge on any atom is 0.164 e. The van der Waals surface area contributed by atoms with Crippen molar-refractivity contribution in [3.63, 3.8) is 0 Å². The van der Waals surface area contributed by atoms with Gasteiger partial charge in [0.05, 0.1) is 0 Å². The minimum Gasteiger partial charge on any atom is -0.208 e. The van der Waals surface area contributed by atoms with Crippen LogP contribution in [0.1, 0.15) is 12.0 Å². The highest BCUT2D eigenvalue weighted by atomic mass is 15.0. The summed E-state index contributed by atoms with van der Waals surface area (Å²) in [6, 6.07) is 81.8. The Labute approximate surface area is 392 Å². The molecule has 9 aromatic carbocycles. The van der Waals surface area contributed by atoms with Crippen molar-refractivity contribution in [3.05, 3.63) is 266 Å². The van der Waals surface area contributed by atoms with E-state index in [-0.39, 0.29) is 0 Å². The average molecular weight is 856 g/mol. The second kappa shape index (κ2) is 18.7. The second-order valence-corrected chi connectivity index (χ2v) is 16.7. The van der Waals surface area contributed by atoms with Crippen LogP contribution in [0.5, 0.6) is 0 Å². The van der Waals surface area contributed by atoms with Gasteiger partial charge in [-0.1, -0.05) is 237 Å². The van der Waals surface area contributed by atoms with Gasteiger partial charge in [-0.15, -0.1) is 0 Å². The zero-order chi connectivity index (χ0) is 44.8. The number of aromatic nitrogens is 3. The fourth-order valence-corrected chi connectivity index (χ4v) is 9.16. The predicted octanol–water partition coefficient (Wildman–Crippen LogP) is 16.8. The highest BCUT2D eigenvalue weighted by Crippen LogP contribution is 2.50. The first-order chi connectivity index (χ1) is 33.2. The lowest BCUT2D eigenvalue weighted by Gasteiger charge is -2.25.